The third-order valence-electron chi connectivity index (χ3n) is 8.63. The fourth-order valence-electron chi connectivity index (χ4n) is 7.17. The van der Waals surface area contributed by atoms with E-state index in [0.29, 0.717) is 11.1 Å². The maximum absolute atomic E-state index is 6.14. The van der Waals surface area contributed by atoms with Crippen LogP contribution in [-0.2, 0) is 4.74 Å². The highest BCUT2D eigenvalue weighted by Crippen LogP contribution is 2.58. The molecule has 0 unspecified atom stereocenters. The SMILES string of the molecule is CC(C)(C)OCCCC[Si](C)(C1c2ccccc2-c2ccccc21)C1c2ccccc2-c2ccccc21. The molecule has 0 radical (unpaired) electrons. The van der Waals surface area contributed by atoms with Crippen LogP contribution in [0.25, 0.3) is 22.3 Å². The van der Waals surface area contributed by atoms with Gasteiger partial charge in [0.1, 0.15) is 0 Å². The van der Waals surface area contributed by atoms with Crippen LogP contribution in [0.3, 0.4) is 0 Å². The van der Waals surface area contributed by atoms with Crippen LogP contribution in [0.15, 0.2) is 97.1 Å². The molecule has 0 amide bonds. The Hall–Kier alpha value is -2.94. The number of unbranched alkanes of at least 4 members (excludes halogenated alkanes) is 1. The van der Waals surface area contributed by atoms with Gasteiger partial charge >= 0.3 is 0 Å². The van der Waals surface area contributed by atoms with Gasteiger partial charge < -0.3 is 4.74 Å². The highest BCUT2D eigenvalue weighted by molar-refractivity contribution is 6.83. The molecule has 2 heteroatoms. The minimum absolute atomic E-state index is 0.0760. The molecule has 4 aromatic rings. The van der Waals surface area contributed by atoms with E-state index >= 15 is 0 Å². The summed E-state index contributed by atoms with van der Waals surface area (Å²) in [5.74, 6) is 0. The Kier molecular flexibility index (Phi) is 6.21. The van der Waals surface area contributed by atoms with Crippen molar-refractivity contribution >= 4 is 8.07 Å². The Morgan fingerprint density at radius 2 is 0.919 bits per heavy atom. The van der Waals surface area contributed by atoms with Crippen molar-refractivity contribution in [3.05, 3.63) is 119 Å². The molecule has 37 heavy (non-hydrogen) atoms. The number of ether oxygens (including phenoxy) is 1. The van der Waals surface area contributed by atoms with Crippen molar-refractivity contribution in [2.75, 3.05) is 6.61 Å². The molecule has 0 spiro atoms. The average Bonchev–Trinajstić information content (AvgIpc) is 3.42. The van der Waals surface area contributed by atoms with Crippen molar-refractivity contribution in [2.45, 2.75) is 62.9 Å². The molecule has 0 atom stereocenters. The molecule has 188 valence electrons. The van der Waals surface area contributed by atoms with E-state index in [9.17, 15) is 0 Å². The fourth-order valence-corrected chi connectivity index (χ4v) is 12.9. The molecule has 4 aromatic carbocycles. The van der Waals surface area contributed by atoms with E-state index in [4.69, 9.17) is 4.74 Å². The number of hydrogen-bond acceptors (Lipinski definition) is 1. The molecular formula is C35H38OSi. The summed E-state index contributed by atoms with van der Waals surface area (Å²) in [5, 5.41) is 0. The van der Waals surface area contributed by atoms with Gasteiger partial charge in [-0.05, 0) is 71.7 Å². The lowest BCUT2D eigenvalue weighted by atomic mass is 10.1. The molecule has 0 aliphatic heterocycles. The van der Waals surface area contributed by atoms with Gasteiger partial charge in [-0.1, -0.05) is 116 Å². The van der Waals surface area contributed by atoms with Crippen LogP contribution in [0.5, 0.6) is 0 Å². The van der Waals surface area contributed by atoms with Gasteiger partial charge in [0.15, 0.2) is 0 Å². The Labute approximate surface area is 223 Å². The Morgan fingerprint density at radius 1 is 0.568 bits per heavy atom. The van der Waals surface area contributed by atoms with Crippen molar-refractivity contribution in [1.29, 1.82) is 0 Å². The molecule has 2 aliphatic carbocycles. The van der Waals surface area contributed by atoms with E-state index in [1.807, 2.05) is 0 Å². The van der Waals surface area contributed by atoms with E-state index in [1.165, 1.54) is 34.7 Å². The van der Waals surface area contributed by atoms with E-state index in [0.717, 1.165) is 13.0 Å². The summed E-state index contributed by atoms with van der Waals surface area (Å²) < 4.78 is 6.14. The second-order valence-corrected chi connectivity index (χ2v) is 16.8. The van der Waals surface area contributed by atoms with Crippen molar-refractivity contribution in [1.82, 2.24) is 0 Å². The summed E-state index contributed by atoms with van der Waals surface area (Å²) in [6.45, 7) is 10.0. The highest BCUT2D eigenvalue weighted by Gasteiger charge is 2.51. The van der Waals surface area contributed by atoms with Crippen LogP contribution in [0.1, 0.15) is 66.9 Å². The molecule has 0 N–H and O–H groups in total. The Morgan fingerprint density at radius 3 is 1.27 bits per heavy atom. The predicted octanol–water partition coefficient (Wildman–Crippen LogP) is 9.36. The van der Waals surface area contributed by atoms with Gasteiger partial charge in [0.05, 0.1) is 13.7 Å². The first-order valence-corrected chi connectivity index (χ1v) is 16.7. The molecule has 0 heterocycles. The maximum atomic E-state index is 6.14. The van der Waals surface area contributed by atoms with Gasteiger partial charge in [-0.3, -0.25) is 0 Å². The third-order valence-corrected chi connectivity index (χ3v) is 13.9. The molecule has 0 fully saturated rings. The fraction of sp³-hybridized carbons (Fsp3) is 0.314. The minimum atomic E-state index is -2.04. The summed E-state index contributed by atoms with van der Waals surface area (Å²) >= 11 is 0. The van der Waals surface area contributed by atoms with E-state index in [1.54, 1.807) is 22.3 Å². The first-order chi connectivity index (χ1) is 17.9. The maximum Gasteiger partial charge on any atom is 0.0761 e. The van der Waals surface area contributed by atoms with E-state index in [2.05, 4.69) is 124 Å². The van der Waals surface area contributed by atoms with Crippen molar-refractivity contribution < 1.29 is 4.74 Å². The van der Waals surface area contributed by atoms with E-state index < -0.39 is 8.07 Å². The molecule has 2 aliphatic rings. The van der Waals surface area contributed by atoms with Gasteiger partial charge in [-0.25, -0.2) is 0 Å². The molecule has 6 rings (SSSR count). The third kappa shape index (κ3) is 4.21. The normalized spacial score (nSPS) is 14.8. The van der Waals surface area contributed by atoms with Gasteiger partial charge in [0.2, 0.25) is 0 Å². The number of rotatable bonds is 7. The summed E-state index contributed by atoms with van der Waals surface area (Å²) in [6.07, 6.45) is 2.33. The van der Waals surface area contributed by atoms with Gasteiger partial charge in [-0.15, -0.1) is 0 Å². The standard InChI is InChI=1S/C35H38OSi/c1-35(2,3)36-23-13-14-24-37(4,33-29-19-9-5-15-25(29)26-16-6-10-20-30(26)33)34-31-21-11-7-17-27(31)28-18-8-12-22-32(28)34/h5-12,15-22,33-34H,13-14,23-24H2,1-4H3. The topological polar surface area (TPSA) is 9.23 Å². The van der Waals surface area contributed by atoms with Crippen LogP contribution in [0.4, 0.5) is 0 Å². The molecule has 0 saturated heterocycles. The molecule has 0 bridgehead atoms. The van der Waals surface area contributed by atoms with Crippen LogP contribution in [0.2, 0.25) is 12.6 Å². The smallest absolute Gasteiger partial charge is 0.0761 e. The zero-order chi connectivity index (χ0) is 25.6. The number of hydrogen-bond donors (Lipinski definition) is 0. The first-order valence-electron chi connectivity index (χ1n) is 13.9. The Bertz CT molecular complexity index is 1240. The molecule has 1 nitrogen and oxygen atoms in total. The monoisotopic (exact) mass is 502 g/mol. The quantitative estimate of drug-likeness (QED) is 0.181. The van der Waals surface area contributed by atoms with Crippen molar-refractivity contribution in [3.8, 4) is 22.3 Å². The largest absolute Gasteiger partial charge is 0.376 e. The second-order valence-electron chi connectivity index (χ2n) is 12.1. The summed E-state index contributed by atoms with van der Waals surface area (Å²) in [7, 11) is -2.04. The summed E-state index contributed by atoms with van der Waals surface area (Å²) in [4.78, 5) is 0. The van der Waals surface area contributed by atoms with Crippen LogP contribution < -0.4 is 0 Å². The zero-order valence-electron chi connectivity index (χ0n) is 22.6. The van der Waals surface area contributed by atoms with Crippen LogP contribution in [0, 0.1) is 0 Å². The lowest BCUT2D eigenvalue weighted by Crippen LogP contribution is -2.45. The minimum Gasteiger partial charge on any atom is -0.376 e. The number of benzene rings is 4. The Balaban J connectivity index is 1.48. The van der Waals surface area contributed by atoms with Crippen molar-refractivity contribution in [2.24, 2.45) is 0 Å². The van der Waals surface area contributed by atoms with Gasteiger partial charge in [0, 0.05) is 17.7 Å². The molecule has 0 saturated carbocycles. The average molecular weight is 503 g/mol. The summed E-state index contributed by atoms with van der Waals surface area (Å²) in [5.41, 5.74) is 12.8. The predicted molar refractivity (Wildman–Crippen MR) is 159 cm³/mol. The summed E-state index contributed by atoms with van der Waals surface area (Å²) in [6, 6.07) is 38.2. The van der Waals surface area contributed by atoms with Gasteiger partial charge in [-0.2, -0.15) is 0 Å². The first kappa shape index (κ1) is 24.4. The lowest BCUT2D eigenvalue weighted by Gasteiger charge is -2.41. The van der Waals surface area contributed by atoms with Crippen molar-refractivity contribution in [3.63, 3.8) is 0 Å². The zero-order valence-corrected chi connectivity index (χ0v) is 23.6. The highest BCUT2D eigenvalue weighted by atomic mass is 28.3. The second kappa shape index (κ2) is 9.42. The van der Waals surface area contributed by atoms with E-state index in [-0.39, 0.29) is 5.60 Å². The molecular weight excluding hydrogens is 464 g/mol. The lowest BCUT2D eigenvalue weighted by molar-refractivity contribution is -0.00419. The number of fused-ring (bicyclic) bond motifs is 6. The molecule has 0 aromatic heterocycles. The van der Waals surface area contributed by atoms with Gasteiger partial charge in [0.25, 0.3) is 0 Å². The van der Waals surface area contributed by atoms with Crippen LogP contribution in [-0.4, -0.2) is 20.3 Å². The van der Waals surface area contributed by atoms with Crippen LogP contribution >= 0.6 is 0 Å².